The lowest BCUT2D eigenvalue weighted by Crippen LogP contribution is -2.33. The summed E-state index contributed by atoms with van der Waals surface area (Å²) in [5.74, 6) is 1.57. The average molecular weight is 232 g/mol. The molecule has 0 aliphatic heterocycles. The summed E-state index contributed by atoms with van der Waals surface area (Å²) in [6.45, 7) is 8.76. The van der Waals surface area contributed by atoms with Crippen LogP contribution in [-0.2, 0) is 0 Å². The summed E-state index contributed by atoms with van der Waals surface area (Å²) in [6, 6.07) is 6.60. The third kappa shape index (κ3) is 2.47. The van der Waals surface area contributed by atoms with Gasteiger partial charge in [-0.1, -0.05) is 19.9 Å². The molecular formula is C13H20N4. The van der Waals surface area contributed by atoms with Gasteiger partial charge < -0.3 is 5.32 Å². The van der Waals surface area contributed by atoms with Crippen LogP contribution in [0.25, 0.3) is 5.65 Å². The summed E-state index contributed by atoms with van der Waals surface area (Å²) in [4.78, 5) is 0. The van der Waals surface area contributed by atoms with Crippen molar-refractivity contribution in [2.45, 2.75) is 39.8 Å². The summed E-state index contributed by atoms with van der Waals surface area (Å²) < 4.78 is 2.03. The van der Waals surface area contributed by atoms with Crippen LogP contribution in [0.15, 0.2) is 24.4 Å². The van der Waals surface area contributed by atoms with E-state index in [2.05, 4.69) is 43.2 Å². The van der Waals surface area contributed by atoms with E-state index in [0.29, 0.717) is 12.0 Å². The number of pyridine rings is 1. The monoisotopic (exact) mass is 232 g/mol. The van der Waals surface area contributed by atoms with Crippen LogP contribution in [0, 0.1) is 5.92 Å². The van der Waals surface area contributed by atoms with Crippen molar-refractivity contribution < 1.29 is 0 Å². The first-order valence-corrected chi connectivity index (χ1v) is 6.15. The molecule has 0 aromatic carbocycles. The summed E-state index contributed by atoms with van der Waals surface area (Å²) in [5, 5.41) is 12.0. The van der Waals surface area contributed by atoms with E-state index in [1.54, 1.807) is 0 Å². The van der Waals surface area contributed by atoms with Gasteiger partial charge in [0.1, 0.15) is 0 Å². The first-order chi connectivity index (χ1) is 8.09. The second-order valence-electron chi connectivity index (χ2n) is 4.91. The predicted octanol–water partition coefficient (Wildman–Crippen LogP) is 2.42. The number of hydrogen-bond acceptors (Lipinski definition) is 3. The topological polar surface area (TPSA) is 42.2 Å². The number of aromatic nitrogens is 3. The standard InChI is InChI=1S/C13H20N4/c1-9(2)10(3)14-11(4)13-16-15-12-7-5-6-8-17(12)13/h5-11,14H,1-4H3/t10-,11-/m1/s1. The van der Waals surface area contributed by atoms with Gasteiger partial charge in [0.15, 0.2) is 11.5 Å². The van der Waals surface area contributed by atoms with Crippen molar-refractivity contribution in [1.29, 1.82) is 0 Å². The molecule has 0 amide bonds. The number of nitrogens with zero attached hydrogens (tertiary/aromatic N) is 3. The van der Waals surface area contributed by atoms with Gasteiger partial charge in [-0.3, -0.25) is 4.40 Å². The second kappa shape index (κ2) is 4.84. The Labute approximate surface area is 102 Å². The summed E-state index contributed by atoms with van der Waals surface area (Å²) >= 11 is 0. The minimum atomic E-state index is 0.199. The summed E-state index contributed by atoms with van der Waals surface area (Å²) in [5.41, 5.74) is 0.897. The number of fused-ring (bicyclic) bond motifs is 1. The van der Waals surface area contributed by atoms with Crippen molar-refractivity contribution in [3.05, 3.63) is 30.2 Å². The zero-order chi connectivity index (χ0) is 12.4. The SMILES string of the molecule is CC(C)[C@@H](C)N[C@H](C)c1nnc2ccccn12. The lowest BCUT2D eigenvalue weighted by Gasteiger charge is -2.21. The highest BCUT2D eigenvalue weighted by Crippen LogP contribution is 2.14. The molecule has 0 saturated heterocycles. The Kier molecular flexibility index (Phi) is 3.43. The molecule has 2 atom stereocenters. The smallest absolute Gasteiger partial charge is 0.160 e. The molecule has 0 aliphatic rings. The fourth-order valence-electron chi connectivity index (χ4n) is 1.82. The Balaban J connectivity index is 2.22. The average Bonchev–Trinajstić information content (AvgIpc) is 2.72. The number of nitrogens with one attached hydrogen (secondary N) is 1. The third-order valence-corrected chi connectivity index (χ3v) is 3.24. The van der Waals surface area contributed by atoms with Gasteiger partial charge in [-0.05, 0) is 31.9 Å². The number of hydrogen-bond donors (Lipinski definition) is 1. The minimum absolute atomic E-state index is 0.199. The molecule has 2 aromatic heterocycles. The maximum Gasteiger partial charge on any atom is 0.160 e. The zero-order valence-electron chi connectivity index (χ0n) is 10.9. The third-order valence-electron chi connectivity index (χ3n) is 3.24. The van der Waals surface area contributed by atoms with Crippen molar-refractivity contribution in [3.8, 4) is 0 Å². The summed E-state index contributed by atoms with van der Waals surface area (Å²) in [6.07, 6.45) is 2.00. The largest absolute Gasteiger partial charge is 0.305 e. The van der Waals surface area contributed by atoms with Gasteiger partial charge in [-0.2, -0.15) is 0 Å². The predicted molar refractivity (Wildman–Crippen MR) is 68.8 cm³/mol. The van der Waals surface area contributed by atoms with E-state index in [-0.39, 0.29) is 6.04 Å². The lowest BCUT2D eigenvalue weighted by molar-refractivity contribution is 0.380. The molecule has 0 bridgehead atoms. The molecule has 2 rings (SSSR count). The van der Waals surface area contributed by atoms with Crippen LogP contribution >= 0.6 is 0 Å². The normalized spacial score (nSPS) is 15.4. The van der Waals surface area contributed by atoms with E-state index in [1.165, 1.54) is 0 Å². The van der Waals surface area contributed by atoms with E-state index in [9.17, 15) is 0 Å². The lowest BCUT2D eigenvalue weighted by atomic mass is 10.1. The molecule has 4 nitrogen and oxygen atoms in total. The molecular weight excluding hydrogens is 212 g/mol. The Hall–Kier alpha value is -1.42. The van der Waals surface area contributed by atoms with Crippen LogP contribution in [0.1, 0.15) is 39.6 Å². The maximum absolute atomic E-state index is 4.26. The molecule has 0 fully saturated rings. The fourth-order valence-corrected chi connectivity index (χ4v) is 1.82. The molecule has 0 unspecified atom stereocenters. The summed E-state index contributed by atoms with van der Waals surface area (Å²) in [7, 11) is 0. The highest BCUT2D eigenvalue weighted by Gasteiger charge is 2.16. The van der Waals surface area contributed by atoms with E-state index in [0.717, 1.165) is 11.5 Å². The van der Waals surface area contributed by atoms with Crippen LogP contribution in [-0.4, -0.2) is 20.6 Å². The van der Waals surface area contributed by atoms with E-state index in [4.69, 9.17) is 0 Å². The van der Waals surface area contributed by atoms with Crippen LogP contribution in [0.2, 0.25) is 0 Å². The van der Waals surface area contributed by atoms with Gasteiger partial charge in [0.2, 0.25) is 0 Å². The highest BCUT2D eigenvalue weighted by molar-refractivity contribution is 5.37. The van der Waals surface area contributed by atoms with Crippen molar-refractivity contribution in [2.24, 2.45) is 5.92 Å². The van der Waals surface area contributed by atoms with Crippen molar-refractivity contribution in [1.82, 2.24) is 19.9 Å². The highest BCUT2D eigenvalue weighted by atomic mass is 15.3. The van der Waals surface area contributed by atoms with Crippen LogP contribution in [0.4, 0.5) is 0 Å². The molecule has 92 valence electrons. The molecule has 2 aromatic rings. The van der Waals surface area contributed by atoms with Crippen LogP contribution in [0.3, 0.4) is 0 Å². The van der Waals surface area contributed by atoms with Crippen molar-refractivity contribution in [2.75, 3.05) is 0 Å². The Bertz CT molecular complexity index is 489. The Morgan fingerprint density at radius 2 is 1.88 bits per heavy atom. The number of rotatable bonds is 4. The fraction of sp³-hybridized carbons (Fsp3) is 0.538. The van der Waals surface area contributed by atoms with Crippen molar-refractivity contribution >= 4 is 5.65 Å². The molecule has 17 heavy (non-hydrogen) atoms. The minimum Gasteiger partial charge on any atom is -0.305 e. The Morgan fingerprint density at radius 1 is 1.12 bits per heavy atom. The molecule has 4 heteroatoms. The van der Waals surface area contributed by atoms with Gasteiger partial charge in [-0.25, -0.2) is 0 Å². The van der Waals surface area contributed by atoms with Crippen LogP contribution in [0.5, 0.6) is 0 Å². The van der Waals surface area contributed by atoms with Crippen LogP contribution < -0.4 is 5.32 Å². The quantitative estimate of drug-likeness (QED) is 0.880. The van der Waals surface area contributed by atoms with Gasteiger partial charge >= 0.3 is 0 Å². The first kappa shape index (κ1) is 12.0. The van der Waals surface area contributed by atoms with E-state index < -0.39 is 0 Å². The van der Waals surface area contributed by atoms with Gasteiger partial charge in [0.05, 0.1) is 6.04 Å². The maximum atomic E-state index is 4.26. The molecule has 0 saturated carbocycles. The van der Waals surface area contributed by atoms with E-state index in [1.807, 2.05) is 28.8 Å². The molecule has 1 N–H and O–H groups in total. The molecule has 0 spiro atoms. The molecule has 2 heterocycles. The van der Waals surface area contributed by atoms with E-state index >= 15 is 0 Å². The zero-order valence-corrected chi connectivity index (χ0v) is 10.9. The van der Waals surface area contributed by atoms with Gasteiger partial charge in [-0.15, -0.1) is 10.2 Å². The van der Waals surface area contributed by atoms with Gasteiger partial charge in [0.25, 0.3) is 0 Å². The van der Waals surface area contributed by atoms with Gasteiger partial charge in [0, 0.05) is 12.2 Å². The van der Waals surface area contributed by atoms with Crippen molar-refractivity contribution in [3.63, 3.8) is 0 Å². The molecule has 0 radical (unpaired) electrons. The molecule has 0 aliphatic carbocycles. The first-order valence-electron chi connectivity index (χ1n) is 6.15. The Morgan fingerprint density at radius 3 is 2.59 bits per heavy atom. The second-order valence-corrected chi connectivity index (χ2v) is 4.91.